The fourth-order valence-electron chi connectivity index (χ4n) is 3.43. The number of quaternary nitrogens is 3. The van der Waals surface area contributed by atoms with Crippen molar-refractivity contribution in [3.63, 3.8) is 0 Å². The highest BCUT2D eigenvalue weighted by Gasteiger charge is 2.18. The van der Waals surface area contributed by atoms with Crippen molar-refractivity contribution in [2.24, 2.45) is 28.7 Å². The molecular formula is C33H79N12O12+3. The topological polar surface area (TPSA) is 429 Å². The summed E-state index contributed by atoms with van der Waals surface area (Å²) in [6, 6.07) is -1.64. The number of hydrogen-bond acceptors (Lipinski definition) is 12. The summed E-state index contributed by atoms with van der Waals surface area (Å²) in [5.41, 5.74) is 24.9. The van der Waals surface area contributed by atoms with Gasteiger partial charge in [-0.25, -0.2) is 0 Å². The molecule has 21 N–H and O–H groups in total. The van der Waals surface area contributed by atoms with Gasteiger partial charge in [-0.15, -0.1) is 0 Å². The van der Waals surface area contributed by atoms with Crippen LogP contribution in [0.4, 0.5) is 0 Å². The molecule has 0 heterocycles. The number of aliphatic hydroxyl groups excluding tert-OH is 3. The van der Waals surface area contributed by atoms with E-state index < -0.39 is 48.2 Å². The number of likely N-dealkylation sites (N-methyl/N-ethyl adjacent to an activating group) is 3. The summed E-state index contributed by atoms with van der Waals surface area (Å²) in [5, 5.41) is 78.8. The number of aliphatic carboxylic acids is 4. The molecule has 0 aliphatic heterocycles. The number of carboxylic acid groups (broad SMARTS) is 4. The molecule has 0 bridgehead atoms. The molecule has 0 rings (SSSR count). The Bertz CT molecular complexity index is 1050. The summed E-state index contributed by atoms with van der Waals surface area (Å²) in [6.45, 7) is 4.31. The van der Waals surface area contributed by atoms with Gasteiger partial charge in [-0.3, -0.25) is 34.8 Å². The molecule has 0 aromatic heterocycles. The van der Waals surface area contributed by atoms with Gasteiger partial charge in [0, 0.05) is 20.0 Å². The minimum absolute atomic E-state index is 0.112. The number of amides is 1. The summed E-state index contributed by atoms with van der Waals surface area (Å²) < 4.78 is 2.00. The van der Waals surface area contributed by atoms with E-state index in [1.807, 2.05) is 42.3 Å². The summed E-state index contributed by atoms with van der Waals surface area (Å²) in [5.74, 6) is -4.47. The first-order valence-corrected chi connectivity index (χ1v) is 17.7. The third-order valence-electron chi connectivity index (χ3n) is 5.76. The van der Waals surface area contributed by atoms with E-state index in [2.05, 4.69) is 37.5 Å². The molecule has 0 aromatic rings. The maximum Gasteiger partial charge on any atom is 0.320 e. The number of rotatable bonds is 20. The number of carbonyl (C=O) groups excluding carboxylic acids is 1. The van der Waals surface area contributed by atoms with Gasteiger partial charge in [0.2, 0.25) is 5.91 Å². The number of primary amides is 1. The Balaban J connectivity index is -0.000000140. The molecule has 0 spiro atoms. The van der Waals surface area contributed by atoms with E-state index in [-0.39, 0.29) is 37.3 Å². The van der Waals surface area contributed by atoms with E-state index in [0.29, 0.717) is 60.8 Å². The van der Waals surface area contributed by atoms with Gasteiger partial charge in [0.25, 0.3) is 0 Å². The van der Waals surface area contributed by atoms with Crippen LogP contribution in [-0.4, -0.2) is 218 Å². The zero-order chi connectivity index (χ0) is 46.8. The SMILES string of the molecule is CC(N)=O.C[N+](C)(C)CC(O)CC(=O)O.C[N+](C)(C)CC(O)CC(=O)O.C[N+](C)(C)CCO.N=C(N)NCCCC(N)C(=O)O.N=C(N)NCCCC(N)C(=O)O. The standard InChI is InChI=1S/2C7H15NO3.2C6H14N4O2.C5H14NO.C2H5NO/c2*1-8(2,3)5-6(9)4-7(10)11;2*7-4(5(11)12)2-1-3-10-6(8)9;1-6(2,3)4-5-7;1-2(3)4/h2*6,9H,4-5H2,1-3H3;2*4H,1-3,7H2,(H,11,12)(H4,8,9,10);7H,4-5H2,1-3H3;1H3,(H2,3,4)/q;;;;+1;/p+2. The van der Waals surface area contributed by atoms with Crippen LogP contribution in [-0.2, 0) is 24.0 Å². The molecule has 0 aliphatic rings. The smallest absolute Gasteiger partial charge is 0.320 e. The van der Waals surface area contributed by atoms with Crippen molar-refractivity contribution in [3.8, 4) is 0 Å². The predicted molar refractivity (Wildman–Crippen MR) is 217 cm³/mol. The van der Waals surface area contributed by atoms with Gasteiger partial charge >= 0.3 is 23.9 Å². The molecule has 0 saturated carbocycles. The average molecular weight is 836 g/mol. The van der Waals surface area contributed by atoms with Crippen molar-refractivity contribution in [3.05, 3.63) is 0 Å². The van der Waals surface area contributed by atoms with Crippen molar-refractivity contribution in [2.45, 2.75) is 69.7 Å². The Morgan fingerprint density at radius 1 is 0.596 bits per heavy atom. The number of nitrogens with zero attached hydrogens (tertiary/aromatic N) is 3. The van der Waals surface area contributed by atoms with Crippen molar-refractivity contribution < 1.29 is 73.2 Å². The van der Waals surface area contributed by atoms with E-state index in [9.17, 15) is 24.0 Å². The number of carbonyl (C=O) groups is 5. The predicted octanol–water partition coefficient (Wildman–Crippen LogP) is -4.44. The van der Waals surface area contributed by atoms with Crippen molar-refractivity contribution in [1.29, 1.82) is 10.8 Å². The molecule has 24 nitrogen and oxygen atoms in total. The summed E-state index contributed by atoms with van der Waals surface area (Å²) in [6.07, 6.45) is 0.121. The van der Waals surface area contributed by atoms with Crippen LogP contribution >= 0.6 is 0 Å². The Hall–Kier alpha value is -4.43. The highest BCUT2D eigenvalue weighted by Crippen LogP contribution is 1.99. The summed E-state index contributed by atoms with van der Waals surface area (Å²) in [7, 11) is 17.6. The number of guanidine groups is 2. The molecule has 4 atom stereocenters. The molecule has 0 fully saturated rings. The van der Waals surface area contributed by atoms with Gasteiger partial charge in [-0.05, 0) is 25.7 Å². The van der Waals surface area contributed by atoms with Crippen molar-refractivity contribution in [1.82, 2.24) is 10.6 Å². The molecule has 1 amide bonds. The molecule has 0 saturated heterocycles. The van der Waals surface area contributed by atoms with Crippen LogP contribution in [0.3, 0.4) is 0 Å². The van der Waals surface area contributed by atoms with Gasteiger partial charge < -0.3 is 88.5 Å². The fraction of sp³-hybridized carbons (Fsp3) is 0.788. The monoisotopic (exact) mass is 836 g/mol. The second-order valence-electron chi connectivity index (χ2n) is 15.7. The Morgan fingerprint density at radius 2 is 0.860 bits per heavy atom. The number of hydrogen-bond donors (Lipinski definition) is 16. The zero-order valence-corrected chi connectivity index (χ0v) is 35.7. The van der Waals surface area contributed by atoms with Gasteiger partial charge in [0.15, 0.2) is 11.9 Å². The molecule has 0 aliphatic carbocycles. The lowest BCUT2D eigenvalue weighted by Gasteiger charge is -2.25. The summed E-state index contributed by atoms with van der Waals surface area (Å²) in [4.78, 5) is 49.9. The van der Waals surface area contributed by atoms with Crippen LogP contribution in [0.5, 0.6) is 0 Å². The van der Waals surface area contributed by atoms with Crippen molar-refractivity contribution >= 4 is 41.7 Å². The number of carboxylic acids is 4. The van der Waals surface area contributed by atoms with Crippen LogP contribution in [0.1, 0.15) is 45.4 Å². The Labute approximate surface area is 337 Å². The quantitative estimate of drug-likeness (QED) is 0.0238. The highest BCUT2D eigenvalue weighted by molar-refractivity contribution is 5.75. The number of aliphatic hydroxyl groups is 3. The van der Waals surface area contributed by atoms with E-state index in [1.54, 1.807) is 0 Å². The van der Waals surface area contributed by atoms with Crippen LogP contribution in [0.15, 0.2) is 0 Å². The third-order valence-corrected chi connectivity index (χ3v) is 5.76. The fourth-order valence-corrected chi connectivity index (χ4v) is 3.43. The lowest BCUT2D eigenvalue weighted by Crippen LogP contribution is -2.42. The lowest BCUT2D eigenvalue weighted by atomic mass is 10.2. The van der Waals surface area contributed by atoms with E-state index in [0.717, 1.165) is 11.0 Å². The van der Waals surface area contributed by atoms with Crippen LogP contribution < -0.4 is 39.3 Å². The van der Waals surface area contributed by atoms with Crippen LogP contribution in [0.25, 0.3) is 0 Å². The van der Waals surface area contributed by atoms with Gasteiger partial charge in [0.1, 0.15) is 43.9 Å². The van der Waals surface area contributed by atoms with Crippen LogP contribution in [0.2, 0.25) is 0 Å². The van der Waals surface area contributed by atoms with Gasteiger partial charge in [0.05, 0.1) is 82.9 Å². The lowest BCUT2D eigenvalue weighted by molar-refractivity contribution is -0.873. The molecule has 57 heavy (non-hydrogen) atoms. The maximum atomic E-state index is 10.2. The molecule has 340 valence electrons. The molecule has 0 radical (unpaired) electrons. The van der Waals surface area contributed by atoms with E-state index >= 15 is 0 Å². The molecule has 0 aromatic carbocycles. The summed E-state index contributed by atoms with van der Waals surface area (Å²) >= 11 is 0. The first-order valence-electron chi connectivity index (χ1n) is 17.7. The number of nitrogens with two attached hydrogens (primary N) is 5. The molecule has 24 heteroatoms. The normalized spacial score (nSPS) is 12.6. The van der Waals surface area contributed by atoms with Crippen LogP contribution in [0, 0.1) is 10.8 Å². The highest BCUT2D eigenvalue weighted by atomic mass is 16.4. The second-order valence-corrected chi connectivity index (χ2v) is 15.7. The maximum absolute atomic E-state index is 10.2. The van der Waals surface area contributed by atoms with E-state index in [4.69, 9.17) is 69.5 Å². The number of nitrogens with one attached hydrogen (secondary N) is 4. The third kappa shape index (κ3) is 80.9. The zero-order valence-electron chi connectivity index (χ0n) is 35.7. The molecular weight excluding hydrogens is 756 g/mol. The first-order chi connectivity index (χ1) is 25.5. The van der Waals surface area contributed by atoms with Crippen molar-refractivity contribution in [2.75, 3.05) is 103 Å². The largest absolute Gasteiger partial charge is 0.481 e. The minimum Gasteiger partial charge on any atom is -0.481 e. The minimum atomic E-state index is -1.00. The van der Waals surface area contributed by atoms with E-state index in [1.165, 1.54) is 6.92 Å². The van der Waals surface area contributed by atoms with Gasteiger partial charge in [-0.2, -0.15) is 0 Å². The second kappa shape index (κ2) is 35.9. The Morgan fingerprint density at radius 3 is 1.00 bits per heavy atom. The average Bonchev–Trinajstić information content (AvgIpc) is 2.94. The Kier molecular flexibility index (Phi) is 40.7. The first kappa shape index (κ1) is 64.5. The van der Waals surface area contributed by atoms with Gasteiger partial charge in [-0.1, -0.05) is 0 Å². The molecule has 4 unspecified atom stereocenters.